The Morgan fingerprint density at radius 3 is 0.832 bits per heavy atom. The number of H-pyrrole nitrogens is 6. The van der Waals surface area contributed by atoms with E-state index >= 15 is 0 Å². The van der Waals surface area contributed by atoms with Gasteiger partial charge in [-0.25, -0.2) is 59.8 Å². The van der Waals surface area contributed by atoms with Gasteiger partial charge in [0.05, 0.1) is 39.5 Å². The van der Waals surface area contributed by atoms with Gasteiger partial charge in [0.15, 0.2) is 0 Å². The summed E-state index contributed by atoms with van der Waals surface area (Å²) in [4.78, 5) is 84.4. The molecule has 6 N–H and O–H groups in total. The van der Waals surface area contributed by atoms with Gasteiger partial charge in [0.25, 0.3) is 0 Å². The van der Waals surface area contributed by atoms with Gasteiger partial charge in [-0.3, -0.25) is 14.7 Å². The molecule has 0 unspecified atom stereocenters. The van der Waals surface area contributed by atoms with E-state index in [1.807, 2.05) is 97.8 Å². The number of fused-ring (bicyclic) bond motifs is 18. The van der Waals surface area contributed by atoms with E-state index in [2.05, 4.69) is 198 Å². The van der Waals surface area contributed by atoms with Crippen molar-refractivity contribution < 1.29 is 9.47 Å². The number of nitrogens with zero attached hydrogens (tertiary/aromatic N) is 16. The smallest absolute Gasteiger partial charge is 0.144 e. The number of aryl methyl sites for hydroxylation is 2. The van der Waals surface area contributed by atoms with Gasteiger partial charge in [-0.2, -0.15) is 0 Å². The number of ether oxygens (including phenoxy) is 2. The molecule has 4 aliphatic heterocycles. The first kappa shape index (κ1) is 74.1. The molecule has 24 heteroatoms. The molecule has 22 rings (SSSR count). The zero-order valence-corrected chi connectivity index (χ0v) is 64.4. The largest absolute Gasteiger partial charge is 0.379 e. The lowest BCUT2D eigenvalue weighted by Gasteiger charge is -2.26. The molecule has 0 aliphatic carbocycles. The molecule has 16 heterocycles. The lowest BCUT2D eigenvalue weighted by Crippen LogP contribution is -2.37. The van der Waals surface area contributed by atoms with E-state index < -0.39 is 0 Å². The van der Waals surface area contributed by atoms with Gasteiger partial charge < -0.3 is 44.3 Å². The molecule has 0 spiro atoms. The number of piperidine rings is 2. The van der Waals surface area contributed by atoms with Crippen LogP contribution < -0.4 is 0 Å². The van der Waals surface area contributed by atoms with E-state index in [1.165, 1.54) is 97.0 Å². The molecule has 18 aromatic rings. The van der Waals surface area contributed by atoms with Crippen molar-refractivity contribution in [3.8, 4) is 0 Å². The summed E-state index contributed by atoms with van der Waals surface area (Å²) in [6.07, 6.45) is 24.3. The molecule has 4 aliphatic rings. The average Bonchev–Trinajstić information content (AvgIpc) is 1.68. The summed E-state index contributed by atoms with van der Waals surface area (Å²) in [5, 5.41) is 13.8. The minimum Gasteiger partial charge on any atom is -0.379 e. The molecule has 0 bridgehead atoms. The first-order valence-corrected chi connectivity index (χ1v) is 40.3. The Morgan fingerprint density at radius 1 is 0.265 bits per heavy atom. The molecule has 574 valence electrons. The summed E-state index contributed by atoms with van der Waals surface area (Å²) in [5.41, 5.74) is 12.4. The highest BCUT2D eigenvalue weighted by molar-refractivity contribution is 6.09. The Morgan fingerprint density at radius 2 is 0.513 bits per heavy atom. The SMILES string of the molecule is CCCc1ncc2c(n1)[nH]c1ccccc12.CCc1ncc2c(n1)[nH]c1ccccc12.c1ccc2c(c1)[nH]c1nc(CCN3CCCCC3)ncc12.c1ccc2c(c1)[nH]c1nc(CCN3CCOCC3)ncc12.c1ccc2c(c1)[nH]c1nc(CN3CCCCC3)ncc12.c1ccc2c(c1)[nH]c1nc(CN3CCOCC3)ncc12. The second kappa shape index (κ2) is 35.4. The van der Waals surface area contributed by atoms with Crippen LogP contribution in [0, 0.1) is 0 Å². The van der Waals surface area contributed by atoms with Gasteiger partial charge in [0.2, 0.25) is 0 Å². The molecule has 0 amide bonds. The number of morpholine rings is 2. The van der Waals surface area contributed by atoms with Crippen LogP contribution in [0.1, 0.15) is 93.7 Å². The van der Waals surface area contributed by atoms with Gasteiger partial charge in [-0.1, -0.05) is 136 Å². The molecule has 113 heavy (non-hydrogen) atoms. The van der Waals surface area contributed by atoms with Crippen molar-refractivity contribution in [2.24, 2.45) is 0 Å². The van der Waals surface area contributed by atoms with Crippen LogP contribution in [-0.2, 0) is 48.2 Å². The molecule has 0 atom stereocenters. The van der Waals surface area contributed by atoms with Gasteiger partial charge in [-0.05, 0) is 94.7 Å². The van der Waals surface area contributed by atoms with Crippen LogP contribution >= 0.6 is 0 Å². The van der Waals surface area contributed by atoms with E-state index in [-0.39, 0.29) is 0 Å². The molecule has 4 fully saturated rings. The quantitative estimate of drug-likeness (QED) is 0.0625. The Kier molecular flexibility index (Phi) is 23.2. The van der Waals surface area contributed by atoms with E-state index in [9.17, 15) is 0 Å². The molecular formula is C89H96N22O2. The Balaban J connectivity index is 0.0000000986. The molecular weight excluding hydrogens is 1410 g/mol. The number of aromatic amines is 6. The van der Waals surface area contributed by atoms with Gasteiger partial charge >= 0.3 is 0 Å². The first-order chi connectivity index (χ1) is 55.9. The van der Waals surface area contributed by atoms with Gasteiger partial charge in [0, 0.05) is 200 Å². The zero-order chi connectivity index (χ0) is 76.1. The third kappa shape index (κ3) is 17.5. The fourth-order valence-electron chi connectivity index (χ4n) is 15.7. The monoisotopic (exact) mass is 1500 g/mol. The normalized spacial score (nSPS) is 15.3. The third-order valence-electron chi connectivity index (χ3n) is 21.8. The second-order valence-corrected chi connectivity index (χ2v) is 29.5. The fraction of sp³-hybridized carbons (Fsp3) is 0.326. The van der Waals surface area contributed by atoms with Crippen molar-refractivity contribution in [2.45, 2.75) is 97.6 Å². The number of likely N-dealkylation sites (tertiary alicyclic amines) is 2. The summed E-state index contributed by atoms with van der Waals surface area (Å²) in [7, 11) is 0. The Hall–Kier alpha value is -11.6. The number of hydrogen-bond donors (Lipinski definition) is 6. The minimum absolute atomic E-state index is 0.786. The van der Waals surface area contributed by atoms with Gasteiger partial charge in [-0.15, -0.1) is 0 Å². The van der Waals surface area contributed by atoms with E-state index in [1.54, 1.807) is 0 Å². The highest BCUT2D eigenvalue weighted by Crippen LogP contribution is 2.30. The zero-order valence-electron chi connectivity index (χ0n) is 64.4. The second-order valence-electron chi connectivity index (χ2n) is 29.5. The maximum absolute atomic E-state index is 5.37. The van der Waals surface area contributed by atoms with E-state index in [0.29, 0.717) is 0 Å². The molecule has 24 nitrogen and oxygen atoms in total. The van der Waals surface area contributed by atoms with Crippen molar-refractivity contribution in [3.63, 3.8) is 0 Å². The van der Waals surface area contributed by atoms with Crippen LogP contribution in [0.15, 0.2) is 183 Å². The number of benzene rings is 6. The number of rotatable bonds is 13. The maximum Gasteiger partial charge on any atom is 0.144 e. The Labute approximate surface area is 654 Å². The lowest BCUT2D eigenvalue weighted by molar-refractivity contribution is 0.0331. The lowest BCUT2D eigenvalue weighted by atomic mass is 10.1. The van der Waals surface area contributed by atoms with Crippen molar-refractivity contribution in [2.75, 3.05) is 91.9 Å². The van der Waals surface area contributed by atoms with Crippen LogP contribution in [-0.4, -0.2) is 201 Å². The highest BCUT2D eigenvalue weighted by Gasteiger charge is 2.19. The fourth-order valence-corrected chi connectivity index (χ4v) is 15.7. The topological polar surface area (TPSA) is 281 Å². The summed E-state index contributed by atoms with van der Waals surface area (Å²) < 4.78 is 10.7. The van der Waals surface area contributed by atoms with Crippen LogP contribution in [0.4, 0.5) is 0 Å². The summed E-state index contributed by atoms with van der Waals surface area (Å²) in [5.74, 6) is 5.44. The van der Waals surface area contributed by atoms with E-state index in [4.69, 9.17) is 19.4 Å². The van der Waals surface area contributed by atoms with Crippen molar-refractivity contribution >= 4 is 132 Å². The highest BCUT2D eigenvalue weighted by atomic mass is 16.5. The molecule has 4 saturated heterocycles. The summed E-state index contributed by atoms with van der Waals surface area (Å²) in [6.45, 7) is 19.9. The summed E-state index contributed by atoms with van der Waals surface area (Å²) in [6, 6.07) is 49.5. The van der Waals surface area contributed by atoms with Crippen LogP contribution in [0.5, 0.6) is 0 Å². The molecule has 0 radical (unpaired) electrons. The summed E-state index contributed by atoms with van der Waals surface area (Å²) >= 11 is 0. The van der Waals surface area contributed by atoms with Crippen LogP contribution in [0.25, 0.3) is 132 Å². The van der Waals surface area contributed by atoms with Crippen molar-refractivity contribution in [3.05, 3.63) is 218 Å². The Bertz CT molecular complexity index is 5950. The predicted octanol–water partition coefficient (Wildman–Crippen LogP) is 15.9. The first-order valence-electron chi connectivity index (χ1n) is 40.3. The van der Waals surface area contributed by atoms with Crippen molar-refractivity contribution in [1.29, 1.82) is 0 Å². The predicted molar refractivity (Wildman–Crippen MR) is 452 cm³/mol. The number of para-hydroxylation sites is 6. The van der Waals surface area contributed by atoms with Gasteiger partial charge in [0.1, 0.15) is 68.8 Å². The number of aromatic nitrogens is 18. The minimum atomic E-state index is 0.786. The number of nitrogens with one attached hydrogen (secondary N) is 6. The van der Waals surface area contributed by atoms with E-state index in [0.717, 1.165) is 245 Å². The average molecular weight is 1510 g/mol. The van der Waals surface area contributed by atoms with Crippen LogP contribution in [0.3, 0.4) is 0 Å². The molecule has 0 saturated carbocycles. The third-order valence-corrected chi connectivity index (χ3v) is 21.8. The standard InChI is InChI=1S/C17H20N4.C16H18N4O.C16H18N4.C15H16N4O.C13H13N3.C12H11N3/c1-4-9-21(10-5-1)11-8-16-18-12-14-13-6-2-3-7-15(13)19-17(14)20-16;1-2-4-14-12(3-1)13-11-17-15(19-16(13)18-14)5-6-20-7-9-21-10-8-20;1-4-8-20(9-5-1)11-15-17-10-13-12-6-2-3-7-14(12)18-16(13)19-15;1-2-4-13-11(3-1)12-9-16-14(18-15(12)17-13)10-19-5-7-20-8-6-19;1-2-5-12-14-8-10-9-6-3-4-7-11(9)15-13(10)16-12;1-2-11-13-7-9-8-5-3-4-6-10(8)14-12(9)15-11/h2-3,6-7,12H,1,4-5,8-11H2,(H,18,19,20);1-4,11H,5-10H2,(H,17,18,19);2-3,6-7,10H,1,4-5,8-9,11H2,(H,17,18,19);1-4,9H,5-8,10H2,(H,16,17,18);3-4,6-8H,2,5H2,1H3,(H,14,15,16);3-7H,2H2,1H3,(H,13,14,15). The molecule has 12 aromatic heterocycles. The van der Waals surface area contributed by atoms with Crippen LogP contribution in [0.2, 0.25) is 0 Å². The van der Waals surface area contributed by atoms with Crippen molar-refractivity contribution in [1.82, 2.24) is 109 Å². The maximum atomic E-state index is 5.37. The number of hydrogen-bond acceptors (Lipinski definition) is 18. The molecule has 6 aromatic carbocycles.